The third-order valence-electron chi connectivity index (χ3n) is 2.27. The lowest BCUT2D eigenvalue weighted by atomic mass is 10.1. The molecule has 1 heterocycles. The minimum atomic E-state index is 0.610. The van der Waals surface area contributed by atoms with Gasteiger partial charge in [0.1, 0.15) is 0 Å². The van der Waals surface area contributed by atoms with Crippen LogP contribution in [0.3, 0.4) is 0 Å². The lowest BCUT2D eigenvalue weighted by Gasteiger charge is -2.12. The molecule has 1 aromatic heterocycles. The van der Waals surface area contributed by atoms with Crippen LogP contribution in [0.1, 0.15) is 18.2 Å². The van der Waals surface area contributed by atoms with E-state index in [2.05, 4.69) is 40.3 Å². The van der Waals surface area contributed by atoms with Crippen LogP contribution < -0.4 is 11.1 Å². The van der Waals surface area contributed by atoms with Crippen molar-refractivity contribution in [1.29, 1.82) is 0 Å². The van der Waals surface area contributed by atoms with E-state index in [1.807, 2.05) is 0 Å². The summed E-state index contributed by atoms with van der Waals surface area (Å²) in [5, 5.41) is 3.43. The first-order valence-electron chi connectivity index (χ1n) is 4.91. The third-order valence-corrected chi connectivity index (χ3v) is 3.90. The van der Waals surface area contributed by atoms with Gasteiger partial charge in [0.05, 0.1) is 3.79 Å². The number of hydrogen-bond donors (Lipinski definition) is 2. The largest absolute Gasteiger partial charge is 0.330 e. The average molecular weight is 277 g/mol. The van der Waals surface area contributed by atoms with Gasteiger partial charge in [0.15, 0.2) is 0 Å². The second-order valence-electron chi connectivity index (χ2n) is 3.35. The molecule has 1 rings (SSSR count). The van der Waals surface area contributed by atoms with Crippen molar-refractivity contribution in [2.24, 2.45) is 11.7 Å². The van der Waals surface area contributed by atoms with E-state index in [9.17, 15) is 0 Å². The van der Waals surface area contributed by atoms with E-state index in [0.29, 0.717) is 5.92 Å². The standard InChI is InChI=1S/C10H17BrN2S/c1-2-8(5-12)6-13-7-9-3-4-10(11)14-9/h3-4,8,13H,2,5-7,12H2,1H3. The second-order valence-corrected chi connectivity index (χ2v) is 5.89. The first-order valence-corrected chi connectivity index (χ1v) is 6.52. The highest BCUT2D eigenvalue weighted by Crippen LogP contribution is 2.21. The Labute approximate surface area is 98.0 Å². The van der Waals surface area contributed by atoms with Crippen LogP contribution in [0.5, 0.6) is 0 Å². The zero-order chi connectivity index (χ0) is 10.4. The van der Waals surface area contributed by atoms with Crippen molar-refractivity contribution in [3.05, 3.63) is 20.8 Å². The molecule has 0 amide bonds. The molecule has 4 heteroatoms. The zero-order valence-corrected chi connectivity index (χ0v) is 10.8. The van der Waals surface area contributed by atoms with Crippen molar-refractivity contribution >= 4 is 27.3 Å². The molecule has 0 aliphatic carbocycles. The van der Waals surface area contributed by atoms with Gasteiger partial charge in [0, 0.05) is 11.4 Å². The monoisotopic (exact) mass is 276 g/mol. The van der Waals surface area contributed by atoms with Gasteiger partial charge < -0.3 is 11.1 Å². The molecular formula is C10H17BrN2S. The summed E-state index contributed by atoms with van der Waals surface area (Å²) in [6.45, 7) is 4.92. The molecule has 0 bridgehead atoms. The fraction of sp³-hybridized carbons (Fsp3) is 0.600. The van der Waals surface area contributed by atoms with E-state index in [1.165, 1.54) is 8.66 Å². The number of hydrogen-bond acceptors (Lipinski definition) is 3. The summed E-state index contributed by atoms with van der Waals surface area (Å²) in [5.74, 6) is 0.610. The maximum atomic E-state index is 5.62. The highest BCUT2D eigenvalue weighted by Gasteiger charge is 2.03. The van der Waals surface area contributed by atoms with Gasteiger partial charge in [0.25, 0.3) is 0 Å². The molecule has 0 aromatic carbocycles. The molecule has 14 heavy (non-hydrogen) atoms. The fourth-order valence-corrected chi connectivity index (χ4v) is 2.69. The number of nitrogens with two attached hydrogens (primary N) is 1. The van der Waals surface area contributed by atoms with Gasteiger partial charge in [-0.1, -0.05) is 13.3 Å². The third kappa shape index (κ3) is 4.09. The molecule has 1 unspecified atom stereocenters. The van der Waals surface area contributed by atoms with Gasteiger partial charge in [-0.2, -0.15) is 0 Å². The summed E-state index contributed by atoms with van der Waals surface area (Å²) in [6, 6.07) is 4.23. The van der Waals surface area contributed by atoms with Crippen molar-refractivity contribution in [2.75, 3.05) is 13.1 Å². The Bertz CT molecular complexity index is 258. The Morgan fingerprint density at radius 2 is 2.36 bits per heavy atom. The summed E-state index contributed by atoms with van der Waals surface area (Å²) in [7, 11) is 0. The summed E-state index contributed by atoms with van der Waals surface area (Å²) in [6.07, 6.45) is 1.15. The van der Waals surface area contributed by atoms with Crippen molar-refractivity contribution in [1.82, 2.24) is 5.32 Å². The highest BCUT2D eigenvalue weighted by molar-refractivity contribution is 9.11. The minimum absolute atomic E-state index is 0.610. The van der Waals surface area contributed by atoms with Crippen LogP contribution in [0, 0.1) is 5.92 Å². The van der Waals surface area contributed by atoms with E-state index in [-0.39, 0.29) is 0 Å². The van der Waals surface area contributed by atoms with E-state index in [4.69, 9.17) is 5.73 Å². The van der Waals surface area contributed by atoms with Gasteiger partial charge in [0.2, 0.25) is 0 Å². The van der Waals surface area contributed by atoms with Crippen molar-refractivity contribution in [3.8, 4) is 0 Å². The molecule has 0 spiro atoms. The van der Waals surface area contributed by atoms with Crippen molar-refractivity contribution in [2.45, 2.75) is 19.9 Å². The van der Waals surface area contributed by atoms with Crippen molar-refractivity contribution < 1.29 is 0 Å². The first kappa shape index (κ1) is 12.2. The van der Waals surface area contributed by atoms with E-state index in [1.54, 1.807) is 11.3 Å². The molecule has 1 aromatic rings. The molecule has 0 fully saturated rings. The molecule has 0 saturated heterocycles. The quantitative estimate of drug-likeness (QED) is 0.838. The topological polar surface area (TPSA) is 38.0 Å². The fourth-order valence-electron chi connectivity index (χ4n) is 1.24. The summed E-state index contributed by atoms with van der Waals surface area (Å²) < 4.78 is 1.19. The molecule has 0 aliphatic rings. The van der Waals surface area contributed by atoms with Crippen LogP contribution in [-0.2, 0) is 6.54 Å². The number of thiophene rings is 1. The number of nitrogens with one attached hydrogen (secondary N) is 1. The molecule has 0 radical (unpaired) electrons. The SMILES string of the molecule is CCC(CN)CNCc1ccc(Br)s1. The molecule has 80 valence electrons. The summed E-state index contributed by atoms with van der Waals surface area (Å²) >= 11 is 5.23. The second kappa shape index (κ2) is 6.56. The van der Waals surface area contributed by atoms with Gasteiger partial charge in [-0.25, -0.2) is 0 Å². The predicted molar refractivity (Wildman–Crippen MR) is 66.6 cm³/mol. The van der Waals surface area contributed by atoms with Crippen LogP contribution in [-0.4, -0.2) is 13.1 Å². The summed E-state index contributed by atoms with van der Waals surface area (Å²) in [5.41, 5.74) is 5.62. The van der Waals surface area contributed by atoms with E-state index in [0.717, 1.165) is 26.1 Å². The molecule has 2 nitrogen and oxygen atoms in total. The Morgan fingerprint density at radius 3 is 2.86 bits per heavy atom. The number of rotatable bonds is 6. The van der Waals surface area contributed by atoms with Crippen LogP contribution in [0.25, 0.3) is 0 Å². The zero-order valence-electron chi connectivity index (χ0n) is 8.42. The van der Waals surface area contributed by atoms with Gasteiger partial charge in [-0.15, -0.1) is 11.3 Å². The van der Waals surface area contributed by atoms with Crippen LogP contribution in [0.15, 0.2) is 15.9 Å². The summed E-state index contributed by atoms with van der Waals surface area (Å²) in [4.78, 5) is 1.36. The van der Waals surface area contributed by atoms with Crippen LogP contribution in [0.2, 0.25) is 0 Å². The van der Waals surface area contributed by atoms with Crippen LogP contribution >= 0.6 is 27.3 Å². The average Bonchev–Trinajstić information content (AvgIpc) is 2.59. The first-order chi connectivity index (χ1) is 6.76. The van der Waals surface area contributed by atoms with Crippen LogP contribution in [0.4, 0.5) is 0 Å². The van der Waals surface area contributed by atoms with Crippen molar-refractivity contribution in [3.63, 3.8) is 0 Å². The Kier molecular flexibility index (Phi) is 5.70. The lowest BCUT2D eigenvalue weighted by Crippen LogP contribution is -2.27. The Balaban J connectivity index is 2.21. The van der Waals surface area contributed by atoms with Gasteiger partial charge >= 0.3 is 0 Å². The Hall–Kier alpha value is 0.1000. The normalized spacial score (nSPS) is 13.1. The predicted octanol–water partition coefficient (Wildman–Crippen LogP) is 2.59. The smallest absolute Gasteiger partial charge is 0.0701 e. The molecule has 0 saturated carbocycles. The minimum Gasteiger partial charge on any atom is -0.330 e. The lowest BCUT2D eigenvalue weighted by molar-refractivity contribution is 0.472. The number of halogens is 1. The van der Waals surface area contributed by atoms with Gasteiger partial charge in [-0.05, 0) is 47.1 Å². The molecule has 0 aliphatic heterocycles. The molecule has 1 atom stereocenters. The van der Waals surface area contributed by atoms with Gasteiger partial charge in [-0.3, -0.25) is 0 Å². The molecule has 3 N–H and O–H groups in total. The Morgan fingerprint density at radius 1 is 1.57 bits per heavy atom. The van der Waals surface area contributed by atoms with E-state index >= 15 is 0 Å². The van der Waals surface area contributed by atoms with E-state index < -0.39 is 0 Å². The maximum Gasteiger partial charge on any atom is 0.0701 e. The highest BCUT2D eigenvalue weighted by atomic mass is 79.9. The maximum absolute atomic E-state index is 5.62. The molecular weight excluding hydrogens is 260 g/mol.